The molecule has 1 aromatic carbocycles. The summed E-state index contributed by atoms with van der Waals surface area (Å²) in [5.74, 6) is 2.68. The van der Waals surface area contributed by atoms with Crippen LogP contribution in [0.1, 0.15) is 21.7 Å². The normalized spacial score (nSPS) is 13.0. The summed E-state index contributed by atoms with van der Waals surface area (Å²) in [7, 11) is 0. The number of thioether (sulfide) groups is 1. The second-order valence-corrected chi connectivity index (χ2v) is 6.18. The SMILES string of the molecule is Cc1nc(SCCNC(=O)c2cc3c(cc2C)OCCO3)n[nH]1. The molecule has 0 saturated carbocycles. The van der Waals surface area contributed by atoms with Crippen molar-refractivity contribution in [2.45, 2.75) is 19.0 Å². The number of aryl methyl sites for hydroxylation is 2. The highest BCUT2D eigenvalue weighted by atomic mass is 32.2. The van der Waals surface area contributed by atoms with E-state index in [1.165, 1.54) is 11.8 Å². The average molecular weight is 334 g/mol. The summed E-state index contributed by atoms with van der Waals surface area (Å²) >= 11 is 1.49. The zero-order chi connectivity index (χ0) is 16.2. The van der Waals surface area contributed by atoms with E-state index in [1.807, 2.05) is 19.9 Å². The smallest absolute Gasteiger partial charge is 0.251 e. The summed E-state index contributed by atoms with van der Waals surface area (Å²) in [5.41, 5.74) is 1.47. The van der Waals surface area contributed by atoms with Crippen LogP contribution in [0.15, 0.2) is 17.3 Å². The molecule has 1 aliphatic heterocycles. The van der Waals surface area contributed by atoms with Gasteiger partial charge in [0.1, 0.15) is 19.0 Å². The van der Waals surface area contributed by atoms with Gasteiger partial charge in [0.25, 0.3) is 5.91 Å². The lowest BCUT2D eigenvalue weighted by Crippen LogP contribution is -2.27. The monoisotopic (exact) mass is 334 g/mol. The Morgan fingerprint density at radius 2 is 2.04 bits per heavy atom. The van der Waals surface area contributed by atoms with E-state index in [0.29, 0.717) is 47.7 Å². The van der Waals surface area contributed by atoms with Crippen molar-refractivity contribution in [2.24, 2.45) is 0 Å². The molecule has 2 N–H and O–H groups in total. The predicted molar refractivity (Wildman–Crippen MR) is 86.3 cm³/mol. The van der Waals surface area contributed by atoms with Crippen molar-refractivity contribution in [3.05, 3.63) is 29.1 Å². The molecule has 3 rings (SSSR count). The number of H-pyrrole nitrogens is 1. The molecular formula is C15H18N4O3S. The van der Waals surface area contributed by atoms with E-state index in [0.717, 1.165) is 11.4 Å². The number of aromatic amines is 1. The Kier molecular flexibility index (Phi) is 4.71. The number of aromatic nitrogens is 3. The molecule has 1 aromatic heterocycles. The highest BCUT2D eigenvalue weighted by Crippen LogP contribution is 2.32. The molecule has 0 atom stereocenters. The Balaban J connectivity index is 1.55. The van der Waals surface area contributed by atoms with E-state index in [2.05, 4.69) is 20.5 Å². The van der Waals surface area contributed by atoms with Crippen LogP contribution in [0, 0.1) is 13.8 Å². The van der Waals surface area contributed by atoms with Crippen molar-refractivity contribution in [3.63, 3.8) is 0 Å². The van der Waals surface area contributed by atoms with E-state index < -0.39 is 0 Å². The number of ether oxygens (including phenoxy) is 2. The molecule has 0 fully saturated rings. The fraction of sp³-hybridized carbons (Fsp3) is 0.400. The number of benzene rings is 1. The largest absolute Gasteiger partial charge is 0.486 e. The maximum absolute atomic E-state index is 12.3. The van der Waals surface area contributed by atoms with E-state index in [-0.39, 0.29) is 5.91 Å². The topological polar surface area (TPSA) is 89.1 Å². The molecule has 8 heteroatoms. The molecule has 7 nitrogen and oxygen atoms in total. The van der Waals surface area contributed by atoms with Crippen LogP contribution in [-0.2, 0) is 0 Å². The van der Waals surface area contributed by atoms with Crippen LogP contribution in [0.5, 0.6) is 11.5 Å². The molecule has 2 aromatic rings. The van der Waals surface area contributed by atoms with Gasteiger partial charge in [-0.25, -0.2) is 4.98 Å². The van der Waals surface area contributed by atoms with Gasteiger partial charge in [0.2, 0.25) is 5.16 Å². The molecule has 122 valence electrons. The third-order valence-corrected chi connectivity index (χ3v) is 4.18. The van der Waals surface area contributed by atoms with Crippen LogP contribution >= 0.6 is 11.8 Å². The van der Waals surface area contributed by atoms with Crippen LogP contribution < -0.4 is 14.8 Å². The van der Waals surface area contributed by atoms with Gasteiger partial charge < -0.3 is 14.8 Å². The second-order valence-electron chi connectivity index (χ2n) is 5.12. The molecule has 0 radical (unpaired) electrons. The Hall–Kier alpha value is -2.22. The zero-order valence-corrected chi connectivity index (χ0v) is 13.8. The highest BCUT2D eigenvalue weighted by Gasteiger charge is 2.17. The van der Waals surface area contributed by atoms with Gasteiger partial charge >= 0.3 is 0 Å². The predicted octanol–water partition coefficient (Wildman–Crippen LogP) is 1.71. The minimum Gasteiger partial charge on any atom is -0.486 e. The molecule has 0 saturated heterocycles. The van der Waals surface area contributed by atoms with Crippen molar-refractivity contribution >= 4 is 17.7 Å². The van der Waals surface area contributed by atoms with E-state index in [4.69, 9.17) is 9.47 Å². The molecule has 0 spiro atoms. The van der Waals surface area contributed by atoms with E-state index in [9.17, 15) is 4.79 Å². The van der Waals surface area contributed by atoms with E-state index >= 15 is 0 Å². The first-order valence-electron chi connectivity index (χ1n) is 7.34. The third kappa shape index (κ3) is 3.76. The highest BCUT2D eigenvalue weighted by molar-refractivity contribution is 7.99. The number of fused-ring (bicyclic) bond motifs is 1. The van der Waals surface area contributed by atoms with Gasteiger partial charge in [-0.05, 0) is 31.5 Å². The number of nitrogens with zero attached hydrogens (tertiary/aromatic N) is 2. The number of nitrogens with one attached hydrogen (secondary N) is 2. The molecular weight excluding hydrogens is 316 g/mol. The summed E-state index contributed by atoms with van der Waals surface area (Å²) in [5, 5.41) is 10.4. The molecule has 0 bridgehead atoms. The number of rotatable bonds is 5. The number of hydrogen-bond acceptors (Lipinski definition) is 6. The first-order chi connectivity index (χ1) is 11.1. The minimum atomic E-state index is -0.119. The fourth-order valence-corrected chi connectivity index (χ4v) is 2.92. The summed E-state index contributed by atoms with van der Waals surface area (Å²) in [6.07, 6.45) is 0. The van der Waals surface area contributed by atoms with E-state index in [1.54, 1.807) is 6.07 Å². The van der Waals surface area contributed by atoms with Gasteiger partial charge in [0.15, 0.2) is 11.5 Å². The molecule has 1 amide bonds. The van der Waals surface area contributed by atoms with Crippen LogP contribution in [0.2, 0.25) is 0 Å². The summed E-state index contributed by atoms with van der Waals surface area (Å²) < 4.78 is 11.0. The quantitative estimate of drug-likeness (QED) is 0.639. The van der Waals surface area contributed by atoms with Crippen LogP contribution in [0.25, 0.3) is 0 Å². The van der Waals surface area contributed by atoms with Gasteiger partial charge in [-0.2, -0.15) is 0 Å². The van der Waals surface area contributed by atoms with Gasteiger partial charge in [-0.1, -0.05) is 11.8 Å². The molecule has 0 unspecified atom stereocenters. The lowest BCUT2D eigenvalue weighted by Gasteiger charge is -2.20. The Labute approximate surface area is 138 Å². The Morgan fingerprint density at radius 3 is 2.74 bits per heavy atom. The van der Waals surface area contributed by atoms with Gasteiger partial charge in [-0.15, -0.1) is 5.10 Å². The van der Waals surface area contributed by atoms with Gasteiger partial charge in [0, 0.05) is 17.9 Å². The minimum absolute atomic E-state index is 0.119. The third-order valence-electron chi connectivity index (χ3n) is 3.33. The van der Waals surface area contributed by atoms with Crippen molar-refractivity contribution in [1.82, 2.24) is 20.5 Å². The summed E-state index contributed by atoms with van der Waals surface area (Å²) in [6.45, 7) is 5.31. The summed E-state index contributed by atoms with van der Waals surface area (Å²) in [6, 6.07) is 3.58. The van der Waals surface area contributed by atoms with Crippen molar-refractivity contribution < 1.29 is 14.3 Å². The average Bonchev–Trinajstić information content (AvgIpc) is 2.96. The summed E-state index contributed by atoms with van der Waals surface area (Å²) in [4.78, 5) is 16.5. The number of amides is 1. The standard InChI is InChI=1S/C15H18N4O3S/c1-9-7-12-13(22-5-4-21-12)8-11(9)14(20)16-3-6-23-15-17-10(2)18-19-15/h7-8H,3-6H2,1-2H3,(H,16,20)(H,17,18,19). The number of carbonyl (C=O) groups is 1. The zero-order valence-electron chi connectivity index (χ0n) is 13.0. The molecule has 23 heavy (non-hydrogen) atoms. The van der Waals surface area contributed by atoms with Crippen LogP contribution in [-0.4, -0.2) is 46.6 Å². The number of carbonyl (C=O) groups excluding carboxylic acids is 1. The second kappa shape index (κ2) is 6.91. The first kappa shape index (κ1) is 15.7. The van der Waals surface area contributed by atoms with Gasteiger partial charge in [-0.3, -0.25) is 9.89 Å². The Morgan fingerprint density at radius 1 is 1.30 bits per heavy atom. The Bertz CT molecular complexity index is 717. The lowest BCUT2D eigenvalue weighted by molar-refractivity contribution is 0.0954. The van der Waals surface area contributed by atoms with Crippen molar-refractivity contribution in [3.8, 4) is 11.5 Å². The maximum Gasteiger partial charge on any atom is 0.251 e. The molecule has 1 aliphatic rings. The first-order valence-corrected chi connectivity index (χ1v) is 8.32. The number of hydrogen-bond donors (Lipinski definition) is 2. The van der Waals surface area contributed by atoms with Crippen LogP contribution in [0.4, 0.5) is 0 Å². The molecule has 2 heterocycles. The lowest BCUT2D eigenvalue weighted by atomic mass is 10.1. The fourth-order valence-electron chi connectivity index (χ4n) is 2.22. The van der Waals surface area contributed by atoms with Crippen molar-refractivity contribution in [2.75, 3.05) is 25.5 Å². The van der Waals surface area contributed by atoms with Crippen LogP contribution in [0.3, 0.4) is 0 Å². The van der Waals surface area contributed by atoms with Gasteiger partial charge in [0.05, 0.1) is 0 Å². The molecule has 0 aliphatic carbocycles. The van der Waals surface area contributed by atoms with Crippen molar-refractivity contribution in [1.29, 1.82) is 0 Å². The maximum atomic E-state index is 12.3.